The topological polar surface area (TPSA) is 41.9 Å². The Balaban J connectivity index is 2.26. The molecule has 0 unspecified atom stereocenters. The van der Waals surface area contributed by atoms with Crippen LogP contribution < -0.4 is 0 Å². The maximum absolute atomic E-state index is 12.2. The fraction of sp³-hybridized carbons (Fsp3) is 0.429. The number of aliphatic imine (C=N–C) groups is 1. The third kappa shape index (κ3) is 3.29. The van der Waals surface area contributed by atoms with E-state index in [0.717, 1.165) is 11.3 Å². The van der Waals surface area contributed by atoms with Crippen LogP contribution in [0.2, 0.25) is 0 Å². The Kier molecular flexibility index (Phi) is 3.85. The van der Waals surface area contributed by atoms with E-state index in [1.807, 2.05) is 51.3 Å². The molecule has 0 fully saturated rings. The predicted octanol–water partition coefficient (Wildman–Crippen LogP) is 3.79. The largest absolute Gasteiger partial charge is 0.443 e. The van der Waals surface area contributed by atoms with Gasteiger partial charge in [0.15, 0.2) is 5.17 Å². The van der Waals surface area contributed by atoms with Crippen molar-refractivity contribution in [2.75, 3.05) is 6.26 Å². The first-order chi connectivity index (χ1) is 8.90. The van der Waals surface area contributed by atoms with Gasteiger partial charge in [-0.1, -0.05) is 30.0 Å². The smallest absolute Gasteiger partial charge is 0.416 e. The first-order valence-electron chi connectivity index (χ1n) is 6.12. The van der Waals surface area contributed by atoms with E-state index in [-0.39, 0.29) is 6.09 Å². The molecular formula is C14H18N2O2S. The Bertz CT molecular complexity index is 520. The van der Waals surface area contributed by atoms with Gasteiger partial charge in [-0.05, 0) is 38.7 Å². The summed E-state index contributed by atoms with van der Waals surface area (Å²) < 4.78 is 5.42. The first-order valence-corrected chi connectivity index (χ1v) is 7.34. The van der Waals surface area contributed by atoms with Crippen LogP contribution in [0.4, 0.5) is 10.5 Å². The SMILES string of the molecule is CSC1=Nc2ccccc2CN1C(=O)OC(C)(C)C. The van der Waals surface area contributed by atoms with Gasteiger partial charge in [0.1, 0.15) is 5.60 Å². The highest BCUT2D eigenvalue weighted by molar-refractivity contribution is 8.13. The third-order valence-electron chi connectivity index (χ3n) is 2.56. The van der Waals surface area contributed by atoms with Crippen molar-refractivity contribution in [1.82, 2.24) is 4.90 Å². The molecule has 5 heteroatoms. The molecule has 4 nitrogen and oxygen atoms in total. The van der Waals surface area contributed by atoms with Gasteiger partial charge in [0, 0.05) is 0 Å². The van der Waals surface area contributed by atoms with E-state index >= 15 is 0 Å². The number of fused-ring (bicyclic) bond motifs is 1. The lowest BCUT2D eigenvalue weighted by atomic mass is 10.1. The number of hydrogen-bond donors (Lipinski definition) is 0. The van der Waals surface area contributed by atoms with E-state index in [0.29, 0.717) is 11.7 Å². The lowest BCUT2D eigenvalue weighted by Crippen LogP contribution is -2.40. The average Bonchev–Trinajstić information content (AvgIpc) is 2.35. The molecule has 0 aromatic heterocycles. The molecule has 19 heavy (non-hydrogen) atoms. The zero-order chi connectivity index (χ0) is 14.0. The van der Waals surface area contributed by atoms with Crippen molar-refractivity contribution in [2.24, 2.45) is 4.99 Å². The molecule has 0 saturated heterocycles. The van der Waals surface area contributed by atoms with Gasteiger partial charge >= 0.3 is 6.09 Å². The molecule has 0 atom stereocenters. The van der Waals surface area contributed by atoms with Crippen molar-refractivity contribution in [1.29, 1.82) is 0 Å². The maximum Gasteiger partial charge on any atom is 0.416 e. The highest BCUT2D eigenvalue weighted by Gasteiger charge is 2.28. The minimum Gasteiger partial charge on any atom is -0.443 e. The summed E-state index contributed by atoms with van der Waals surface area (Å²) in [6.45, 7) is 6.08. The summed E-state index contributed by atoms with van der Waals surface area (Å²) in [4.78, 5) is 18.3. The summed E-state index contributed by atoms with van der Waals surface area (Å²) in [5, 5.41) is 0.674. The number of rotatable bonds is 0. The number of carbonyl (C=O) groups excluding carboxylic acids is 1. The van der Waals surface area contributed by atoms with Gasteiger partial charge < -0.3 is 4.74 Å². The summed E-state index contributed by atoms with van der Waals surface area (Å²) >= 11 is 1.45. The summed E-state index contributed by atoms with van der Waals surface area (Å²) in [6.07, 6.45) is 1.56. The number of ether oxygens (including phenoxy) is 1. The number of para-hydroxylation sites is 1. The highest BCUT2D eigenvalue weighted by atomic mass is 32.2. The fourth-order valence-corrected chi connectivity index (χ4v) is 2.32. The summed E-state index contributed by atoms with van der Waals surface area (Å²) in [5.74, 6) is 0. The van der Waals surface area contributed by atoms with Crippen LogP contribution in [0, 0.1) is 0 Å². The van der Waals surface area contributed by atoms with Gasteiger partial charge in [-0.2, -0.15) is 0 Å². The average molecular weight is 278 g/mol. The molecule has 1 heterocycles. The molecule has 0 bridgehead atoms. The van der Waals surface area contributed by atoms with Gasteiger partial charge in [-0.25, -0.2) is 9.79 Å². The van der Waals surface area contributed by atoms with Crippen molar-refractivity contribution in [3.63, 3.8) is 0 Å². The van der Waals surface area contributed by atoms with Crippen LogP contribution in [0.15, 0.2) is 29.3 Å². The molecule has 1 aliphatic rings. The summed E-state index contributed by atoms with van der Waals surface area (Å²) in [7, 11) is 0. The molecule has 1 aromatic carbocycles. The monoisotopic (exact) mass is 278 g/mol. The van der Waals surface area contributed by atoms with Crippen LogP contribution >= 0.6 is 11.8 Å². The zero-order valence-corrected chi connectivity index (χ0v) is 12.5. The van der Waals surface area contributed by atoms with Gasteiger partial charge in [0.25, 0.3) is 0 Å². The Morgan fingerprint density at radius 2 is 2.05 bits per heavy atom. The second-order valence-corrected chi connectivity index (χ2v) is 6.07. The van der Waals surface area contributed by atoms with Crippen LogP contribution in [-0.2, 0) is 11.3 Å². The first kappa shape index (κ1) is 13.9. The third-order valence-corrected chi connectivity index (χ3v) is 3.24. The standard InChI is InChI=1S/C14H18N2O2S/c1-14(2,3)18-13(17)16-9-10-7-5-6-8-11(10)15-12(16)19-4/h5-8H,9H2,1-4H3. The van der Waals surface area contributed by atoms with Gasteiger partial charge in [-0.15, -0.1) is 0 Å². The molecule has 0 saturated carbocycles. The number of amidine groups is 1. The number of thioether (sulfide) groups is 1. The minimum atomic E-state index is -0.502. The Morgan fingerprint density at radius 1 is 1.37 bits per heavy atom. The molecule has 0 radical (unpaired) electrons. The Labute approximate surface area is 117 Å². The second kappa shape index (κ2) is 5.25. The second-order valence-electron chi connectivity index (χ2n) is 5.29. The van der Waals surface area contributed by atoms with Gasteiger partial charge in [0.05, 0.1) is 12.2 Å². The normalized spacial score (nSPS) is 14.7. The molecule has 0 N–H and O–H groups in total. The van der Waals surface area contributed by atoms with Crippen LogP contribution in [0.1, 0.15) is 26.3 Å². The molecule has 1 amide bonds. The fourth-order valence-electron chi connectivity index (χ4n) is 1.77. The van der Waals surface area contributed by atoms with Gasteiger partial charge in [0.2, 0.25) is 0 Å². The number of amides is 1. The van der Waals surface area contributed by atoms with E-state index in [1.54, 1.807) is 4.90 Å². The van der Waals surface area contributed by atoms with Crippen molar-refractivity contribution in [2.45, 2.75) is 32.9 Å². The number of carbonyl (C=O) groups is 1. The molecule has 1 aromatic rings. The molecule has 102 valence electrons. The van der Waals surface area contributed by atoms with E-state index in [9.17, 15) is 4.79 Å². The van der Waals surface area contributed by atoms with Crippen LogP contribution in [-0.4, -0.2) is 28.0 Å². The lowest BCUT2D eigenvalue weighted by molar-refractivity contribution is 0.0362. The van der Waals surface area contributed by atoms with Crippen molar-refractivity contribution < 1.29 is 9.53 Å². The van der Waals surface area contributed by atoms with Crippen molar-refractivity contribution in [3.05, 3.63) is 29.8 Å². The van der Waals surface area contributed by atoms with Crippen molar-refractivity contribution in [3.8, 4) is 0 Å². The van der Waals surface area contributed by atoms with E-state index in [1.165, 1.54) is 11.8 Å². The molecule has 0 spiro atoms. The summed E-state index contributed by atoms with van der Waals surface area (Å²) in [6, 6.07) is 7.83. The van der Waals surface area contributed by atoms with E-state index in [2.05, 4.69) is 4.99 Å². The molecule has 1 aliphatic heterocycles. The number of hydrogen-bond acceptors (Lipinski definition) is 4. The zero-order valence-electron chi connectivity index (χ0n) is 11.6. The quantitative estimate of drug-likeness (QED) is 0.725. The van der Waals surface area contributed by atoms with E-state index in [4.69, 9.17) is 4.74 Å². The van der Waals surface area contributed by atoms with Crippen LogP contribution in [0.3, 0.4) is 0 Å². The van der Waals surface area contributed by atoms with E-state index < -0.39 is 5.60 Å². The van der Waals surface area contributed by atoms with Crippen LogP contribution in [0.25, 0.3) is 0 Å². The molecule has 0 aliphatic carbocycles. The van der Waals surface area contributed by atoms with Crippen molar-refractivity contribution >= 4 is 28.7 Å². The molecular weight excluding hydrogens is 260 g/mol. The number of nitrogens with zero attached hydrogens (tertiary/aromatic N) is 2. The number of benzene rings is 1. The summed E-state index contributed by atoms with van der Waals surface area (Å²) in [5.41, 5.74) is 1.45. The predicted molar refractivity (Wildman–Crippen MR) is 78.8 cm³/mol. The Morgan fingerprint density at radius 3 is 2.68 bits per heavy atom. The Hall–Kier alpha value is -1.49. The lowest BCUT2D eigenvalue weighted by Gasteiger charge is -2.30. The molecule has 2 rings (SSSR count). The minimum absolute atomic E-state index is 0.352. The van der Waals surface area contributed by atoms with Crippen LogP contribution in [0.5, 0.6) is 0 Å². The highest BCUT2D eigenvalue weighted by Crippen LogP contribution is 2.29. The maximum atomic E-state index is 12.2. The van der Waals surface area contributed by atoms with Gasteiger partial charge in [-0.3, -0.25) is 4.90 Å².